The molecule has 1 N–H and O–H groups in total. The summed E-state index contributed by atoms with van der Waals surface area (Å²) in [6.07, 6.45) is 1.12. The smallest absolute Gasteiger partial charge is 0.211 e. The first kappa shape index (κ1) is 17.1. The predicted octanol–water partition coefficient (Wildman–Crippen LogP) is 0.387. The van der Waals surface area contributed by atoms with Crippen LogP contribution in [0.15, 0.2) is 30.3 Å². The zero-order chi connectivity index (χ0) is 15.2. The minimum atomic E-state index is -3.39. The molecule has 20 heavy (non-hydrogen) atoms. The second-order valence-corrected chi connectivity index (χ2v) is 8.46. The van der Waals surface area contributed by atoms with Crippen LogP contribution in [0, 0.1) is 0 Å². The van der Waals surface area contributed by atoms with Crippen molar-refractivity contribution in [2.75, 3.05) is 25.1 Å². The van der Waals surface area contributed by atoms with Crippen molar-refractivity contribution in [2.45, 2.75) is 13.5 Å². The van der Waals surface area contributed by atoms with Crippen LogP contribution in [0.1, 0.15) is 12.5 Å². The van der Waals surface area contributed by atoms with Crippen LogP contribution < -0.4 is 4.72 Å². The summed E-state index contributed by atoms with van der Waals surface area (Å²) in [7, 11) is -6.69. The van der Waals surface area contributed by atoms with Gasteiger partial charge in [-0.1, -0.05) is 30.3 Å². The van der Waals surface area contributed by atoms with E-state index in [-0.39, 0.29) is 25.4 Å². The van der Waals surface area contributed by atoms with E-state index in [1.807, 2.05) is 30.3 Å². The first-order chi connectivity index (χ1) is 9.24. The molecule has 0 spiro atoms. The van der Waals surface area contributed by atoms with Gasteiger partial charge in [0.2, 0.25) is 20.0 Å². The van der Waals surface area contributed by atoms with E-state index in [4.69, 9.17) is 0 Å². The lowest BCUT2D eigenvalue weighted by atomic mass is 10.2. The Morgan fingerprint density at radius 1 is 1.10 bits per heavy atom. The molecule has 0 bridgehead atoms. The Morgan fingerprint density at radius 2 is 1.70 bits per heavy atom. The average molecular weight is 320 g/mol. The third-order valence-electron chi connectivity index (χ3n) is 2.73. The van der Waals surface area contributed by atoms with Gasteiger partial charge in [0, 0.05) is 19.6 Å². The second kappa shape index (κ2) is 7.16. The van der Waals surface area contributed by atoms with Crippen LogP contribution in [0.3, 0.4) is 0 Å². The lowest BCUT2D eigenvalue weighted by Crippen LogP contribution is -2.38. The molecule has 8 heteroatoms. The molecule has 0 heterocycles. The molecule has 0 amide bonds. The number of nitrogens with one attached hydrogen (secondary N) is 1. The van der Waals surface area contributed by atoms with Gasteiger partial charge in [0.25, 0.3) is 0 Å². The van der Waals surface area contributed by atoms with Gasteiger partial charge in [-0.2, -0.15) is 4.31 Å². The van der Waals surface area contributed by atoms with E-state index in [1.165, 1.54) is 11.2 Å². The standard InChI is InChI=1S/C12H20N2O4S2/c1-3-20(17,18)13-9-10-14(19(2,15)16)11-12-7-5-4-6-8-12/h4-8,13H,3,9-11H2,1-2H3. The average Bonchev–Trinajstić information content (AvgIpc) is 2.37. The molecule has 1 aromatic carbocycles. The first-order valence-corrected chi connectivity index (χ1v) is 9.71. The molecule has 0 fully saturated rings. The van der Waals surface area contributed by atoms with E-state index in [2.05, 4.69) is 4.72 Å². The van der Waals surface area contributed by atoms with Gasteiger partial charge >= 0.3 is 0 Å². The molecule has 1 rings (SSSR count). The topological polar surface area (TPSA) is 83.6 Å². The molecule has 0 radical (unpaired) electrons. The molecule has 0 aliphatic carbocycles. The Hall–Kier alpha value is -0.960. The largest absolute Gasteiger partial charge is 0.214 e. The number of benzene rings is 1. The van der Waals surface area contributed by atoms with Gasteiger partial charge < -0.3 is 0 Å². The Labute approximate surface area is 120 Å². The van der Waals surface area contributed by atoms with Crippen molar-refractivity contribution in [3.05, 3.63) is 35.9 Å². The Morgan fingerprint density at radius 3 is 2.20 bits per heavy atom. The van der Waals surface area contributed by atoms with Crippen LogP contribution in [-0.4, -0.2) is 46.2 Å². The minimum absolute atomic E-state index is 0.0233. The van der Waals surface area contributed by atoms with Crippen LogP contribution in [0.4, 0.5) is 0 Å². The van der Waals surface area contributed by atoms with Gasteiger partial charge in [0.1, 0.15) is 0 Å². The summed E-state index contributed by atoms with van der Waals surface area (Å²) in [6.45, 7) is 1.93. The summed E-state index contributed by atoms with van der Waals surface area (Å²) < 4.78 is 49.7. The van der Waals surface area contributed by atoms with E-state index in [9.17, 15) is 16.8 Å². The van der Waals surface area contributed by atoms with Gasteiger partial charge in [-0.05, 0) is 12.5 Å². The number of hydrogen-bond donors (Lipinski definition) is 1. The third-order valence-corrected chi connectivity index (χ3v) is 5.39. The summed E-state index contributed by atoms with van der Waals surface area (Å²) in [6, 6.07) is 9.16. The fraction of sp³-hybridized carbons (Fsp3) is 0.500. The quantitative estimate of drug-likeness (QED) is 0.751. The van der Waals surface area contributed by atoms with E-state index in [0.29, 0.717) is 0 Å². The second-order valence-electron chi connectivity index (χ2n) is 4.38. The number of nitrogens with zero attached hydrogens (tertiary/aromatic N) is 1. The van der Waals surface area contributed by atoms with E-state index < -0.39 is 20.0 Å². The van der Waals surface area contributed by atoms with Crippen molar-refractivity contribution in [3.63, 3.8) is 0 Å². The minimum Gasteiger partial charge on any atom is -0.214 e. The molecule has 0 aromatic heterocycles. The van der Waals surface area contributed by atoms with E-state index >= 15 is 0 Å². The summed E-state index contributed by atoms with van der Waals surface area (Å²) in [5.41, 5.74) is 0.858. The van der Waals surface area contributed by atoms with Gasteiger partial charge in [-0.25, -0.2) is 21.6 Å². The van der Waals surface area contributed by atoms with Crippen LogP contribution in [-0.2, 0) is 26.6 Å². The maximum Gasteiger partial charge on any atom is 0.211 e. The fourth-order valence-electron chi connectivity index (χ4n) is 1.58. The van der Waals surface area contributed by atoms with Crippen molar-refractivity contribution in [3.8, 4) is 0 Å². The maximum absolute atomic E-state index is 11.7. The van der Waals surface area contributed by atoms with E-state index in [0.717, 1.165) is 11.8 Å². The van der Waals surface area contributed by atoms with Crippen molar-refractivity contribution in [2.24, 2.45) is 0 Å². The molecule has 1 aromatic rings. The summed E-state index contributed by atoms with van der Waals surface area (Å²) in [5.74, 6) is -0.0233. The zero-order valence-electron chi connectivity index (χ0n) is 11.6. The molecule has 6 nitrogen and oxygen atoms in total. The van der Waals surface area contributed by atoms with Gasteiger partial charge in [-0.15, -0.1) is 0 Å². The van der Waals surface area contributed by atoms with E-state index in [1.54, 1.807) is 0 Å². The third kappa shape index (κ3) is 6.00. The SMILES string of the molecule is CCS(=O)(=O)NCCN(Cc1ccccc1)S(C)(=O)=O. The molecular weight excluding hydrogens is 300 g/mol. The first-order valence-electron chi connectivity index (χ1n) is 6.21. The highest BCUT2D eigenvalue weighted by Gasteiger charge is 2.17. The van der Waals surface area contributed by atoms with Gasteiger partial charge in [0.05, 0.1) is 12.0 Å². The van der Waals surface area contributed by atoms with Crippen LogP contribution >= 0.6 is 0 Å². The molecule has 0 atom stereocenters. The summed E-state index contributed by atoms with van der Waals surface area (Å²) in [5, 5.41) is 0. The lowest BCUT2D eigenvalue weighted by molar-refractivity contribution is 0.412. The molecule has 0 unspecified atom stereocenters. The van der Waals surface area contributed by atoms with Crippen molar-refractivity contribution >= 4 is 20.0 Å². The molecule has 0 aliphatic heterocycles. The summed E-state index contributed by atoms with van der Waals surface area (Å²) >= 11 is 0. The predicted molar refractivity (Wildman–Crippen MR) is 79.2 cm³/mol. The molecule has 0 saturated heterocycles. The molecule has 0 saturated carbocycles. The molecular formula is C12H20N2O4S2. The normalized spacial score (nSPS) is 12.8. The van der Waals surface area contributed by atoms with Crippen LogP contribution in [0.25, 0.3) is 0 Å². The highest BCUT2D eigenvalue weighted by Crippen LogP contribution is 2.07. The molecule has 114 valence electrons. The van der Waals surface area contributed by atoms with Gasteiger partial charge in [0.15, 0.2) is 0 Å². The number of rotatable bonds is 8. The molecule has 0 aliphatic rings. The van der Waals surface area contributed by atoms with Gasteiger partial charge in [-0.3, -0.25) is 0 Å². The Kier molecular flexibility index (Phi) is 6.12. The fourth-order valence-corrected chi connectivity index (χ4v) is 2.99. The highest BCUT2D eigenvalue weighted by atomic mass is 32.2. The highest BCUT2D eigenvalue weighted by molar-refractivity contribution is 7.89. The monoisotopic (exact) mass is 320 g/mol. The van der Waals surface area contributed by atoms with Crippen molar-refractivity contribution in [1.82, 2.24) is 9.03 Å². The van der Waals surface area contributed by atoms with Crippen molar-refractivity contribution < 1.29 is 16.8 Å². The zero-order valence-corrected chi connectivity index (χ0v) is 13.2. The Bertz CT molecular complexity index is 612. The number of sulfonamides is 2. The lowest BCUT2D eigenvalue weighted by Gasteiger charge is -2.20. The van der Waals surface area contributed by atoms with Crippen LogP contribution in [0.2, 0.25) is 0 Å². The maximum atomic E-state index is 11.7. The summed E-state index contributed by atoms with van der Waals surface area (Å²) in [4.78, 5) is 0. The van der Waals surface area contributed by atoms with Crippen LogP contribution in [0.5, 0.6) is 0 Å². The van der Waals surface area contributed by atoms with Crippen molar-refractivity contribution in [1.29, 1.82) is 0 Å². The Balaban J connectivity index is 2.68. The number of hydrogen-bond acceptors (Lipinski definition) is 4.